The Bertz CT molecular complexity index is 941. The van der Waals surface area contributed by atoms with Gasteiger partial charge in [0.2, 0.25) is 0 Å². The number of tetrazole rings is 1. The Labute approximate surface area is 156 Å². The molecule has 0 aliphatic carbocycles. The number of halogens is 1. The fourth-order valence-corrected chi connectivity index (χ4v) is 2.69. The van der Waals surface area contributed by atoms with Gasteiger partial charge >= 0.3 is 0 Å². The first-order chi connectivity index (χ1) is 13.1. The molecule has 0 saturated carbocycles. The molecule has 1 heterocycles. The molecular formula is C20H18FN5O. The molecule has 0 aliphatic heterocycles. The highest BCUT2D eigenvalue weighted by molar-refractivity contribution is 5.96. The van der Waals surface area contributed by atoms with E-state index in [1.54, 1.807) is 41.3 Å². The molecule has 0 bridgehead atoms. The molecule has 0 radical (unpaired) electrons. The van der Waals surface area contributed by atoms with Crippen LogP contribution in [-0.4, -0.2) is 44.1 Å². The third-order valence-corrected chi connectivity index (χ3v) is 3.94. The lowest BCUT2D eigenvalue weighted by molar-refractivity contribution is 0.0791. The molecule has 0 unspecified atom stereocenters. The van der Waals surface area contributed by atoms with Gasteiger partial charge in [-0.3, -0.25) is 4.79 Å². The summed E-state index contributed by atoms with van der Waals surface area (Å²) >= 11 is 0. The molecule has 6 nitrogen and oxygen atoms in total. The predicted octanol–water partition coefficient (Wildman–Crippen LogP) is 3.28. The van der Waals surface area contributed by atoms with E-state index in [1.807, 2.05) is 6.07 Å². The lowest BCUT2D eigenvalue weighted by Gasteiger charge is -2.20. The van der Waals surface area contributed by atoms with Crippen LogP contribution in [0.5, 0.6) is 0 Å². The average Bonchev–Trinajstić information content (AvgIpc) is 3.22. The molecule has 2 aromatic carbocycles. The van der Waals surface area contributed by atoms with Gasteiger partial charge in [0, 0.05) is 18.7 Å². The van der Waals surface area contributed by atoms with Crippen LogP contribution in [0.4, 0.5) is 4.39 Å². The maximum Gasteiger partial charge on any atom is 0.254 e. The Balaban J connectivity index is 2.09. The fourth-order valence-electron chi connectivity index (χ4n) is 2.69. The smallest absolute Gasteiger partial charge is 0.254 e. The zero-order chi connectivity index (χ0) is 19.2. The maximum atomic E-state index is 13.3. The Hall–Kier alpha value is -3.61. The van der Waals surface area contributed by atoms with Crippen LogP contribution in [0.1, 0.15) is 10.4 Å². The number of benzene rings is 2. The first-order valence-electron chi connectivity index (χ1n) is 8.28. The first-order valence-corrected chi connectivity index (χ1v) is 8.28. The molecule has 27 heavy (non-hydrogen) atoms. The highest BCUT2D eigenvalue weighted by Crippen LogP contribution is 2.25. The molecule has 7 heteroatoms. The van der Waals surface area contributed by atoms with E-state index in [0.29, 0.717) is 24.3 Å². The molecule has 1 aromatic heterocycles. The minimum Gasteiger partial charge on any atom is -0.331 e. The first kappa shape index (κ1) is 18.2. The zero-order valence-electron chi connectivity index (χ0n) is 14.6. The number of amides is 1. The van der Waals surface area contributed by atoms with E-state index >= 15 is 0 Å². The number of hydrogen-bond acceptors (Lipinski definition) is 4. The van der Waals surface area contributed by atoms with Gasteiger partial charge in [-0.2, -0.15) is 0 Å². The van der Waals surface area contributed by atoms with Crippen molar-refractivity contribution in [2.75, 3.05) is 13.1 Å². The number of carbonyl (C=O) groups is 1. The summed E-state index contributed by atoms with van der Waals surface area (Å²) in [5, 5.41) is 11.2. The number of rotatable bonds is 7. The molecule has 3 rings (SSSR count). The third-order valence-electron chi connectivity index (χ3n) is 3.94. The summed E-state index contributed by atoms with van der Waals surface area (Å²) in [7, 11) is 0. The molecule has 0 fully saturated rings. The molecule has 3 aromatic rings. The summed E-state index contributed by atoms with van der Waals surface area (Å²) in [6.07, 6.45) is 4.77. The van der Waals surface area contributed by atoms with Crippen molar-refractivity contribution in [1.82, 2.24) is 25.1 Å². The van der Waals surface area contributed by atoms with Crippen molar-refractivity contribution in [2.24, 2.45) is 0 Å². The molecule has 0 spiro atoms. The van der Waals surface area contributed by atoms with Gasteiger partial charge in [-0.15, -0.1) is 18.3 Å². The predicted molar refractivity (Wildman–Crippen MR) is 101 cm³/mol. The van der Waals surface area contributed by atoms with E-state index in [1.165, 1.54) is 23.1 Å². The topological polar surface area (TPSA) is 63.9 Å². The Morgan fingerprint density at radius 2 is 1.78 bits per heavy atom. The molecule has 1 amide bonds. The summed E-state index contributed by atoms with van der Waals surface area (Å²) in [6.45, 7) is 8.18. The second kappa shape index (κ2) is 8.18. The number of hydrogen-bond donors (Lipinski definition) is 0. The molecule has 0 atom stereocenters. The summed E-state index contributed by atoms with van der Waals surface area (Å²) < 4.78 is 14.7. The molecular weight excluding hydrogens is 345 g/mol. The van der Waals surface area contributed by atoms with Gasteiger partial charge in [0.05, 0.1) is 5.69 Å². The van der Waals surface area contributed by atoms with E-state index in [9.17, 15) is 9.18 Å². The number of carbonyl (C=O) groups excluding carboxylic acids is 1. The van der Waals surface area contributed by atoms with Gasteiger partial charge in [-0.05, 0) is 51.9 Å². The highest BCUT2D eigenvalue weighted by atomic mass is 19.1. The van der Waals surface area contributed by atoms with Gasteiger partial charge < -0.3 is 4.90 Å². The van der Waals surface area contributed by atoms with E-state index in [2.05, 4.69) is 28.7 Å². The number of aromatic nitrogens is 4. The summed E-state index contributed by atoms with van der Waals surface area (Å²) in [6, 6.07) is 11.4. The van der Waals surface area contributed by atoms with Gasteiger partial charge in [0.1, 0.15) is 12.1 Å². The van der Waals surface area contributed by atoms with Gasteiger partial charge in [0.15, 0.2) is 0 Å². The lowest BCUT2D eigenvalue weighted by atomic mass is 10.0. The quantitative estimate of drug-likeness (QED) is 0.604. The van der Waals surface area contributed by atoms with Crippen molar-refractivity contribution >= 4 is 5.91 Å². The average molecular weight is 363 g/mol. The van der Waals surface area contributed by atoms with E-state index in [0.717, 1.165) is 11.1 Å². The number of nitrogens with zero attached hydrogens (tertiary/aromatic N) is 5. The molecule has 0 aliphatic rings. The van der Waals surface area contributed by atoms with Crippen molar-refractivity contribution < 1.29 is 9.18 Å². The van der Waals surface area contributed by atoms with Crippen LogP contribution in [-0.2, 0) is 0 Å². The van der Waals surface area contributed by atoms with Crippen LogP contribution in [0.15, 0.2) is 74.1 Å². The minimum atomic E-state index is -0.324. The Morgan fingerprint density at radius 3 is 2.37 bits per heavy atom. The van der Waals surface area contributed by atoms with Crippen LogP contribution < -0.4 is 0 Å². The van der Waals surface area contributed by atoms with Crippen LogP contribution >= 0.6 is 0 Å². The summed E-state index contributed by atoms with van der Waals surface area (Å²) in [5.41, 5.74) is 2.62. The highest BCUT2D eigenvalue weighted by Gasteiger charge is 2.16. The van der Waals surface area contributed by atoms with Crippen LogP contribution in [0.25, 0.3) is 16.8 Å². The van der Waals surface area contributed by atoms with Crippen molar-refractivity contribution in [3.05, 3.63) is 85.5 Å². The van der Waals surface area contributed by atoms with Gasteiger partial charge in [-0.25, -0.2) is 9.07 Å². The van der Waals surface area contributed by atoms with E-state index < -0.39 is 0 Å². The second-order valence-corrected chi connectivity index (χ2v) is 5.82. The van der Waals surface area contributed by atoms with Crippen LogP contribution in [0.2, 0.25) is 0 Å². The largest absolute Gasteiger partial charge is 0.331 e. The van der Waals surface area contributed by atoms with E-state index in [4.69, 9.17) is 0 Å². The van der Waals surface area contributed by atoms with Crippen LogP contribution in [0.3, 0.4) is 0 Å². The standard InChI is InChI=1S/C20H18FN5O/c1-3-9-25(10-4-2)20(27)17-11-16(15-5-7-18(21)8-6-15)12-19(13-17)26-14-22-23-24-26/h3-8,11-14H,1-2,9-10H2. The third kappa shape index (κ3) is 4.14. The summed E-state index contributed by atoms with van der Waals surface area (Å²) in [4.78, 5) is 14.6. The normalized spacial score (nSPS) is 10.4. The van der Waals surface area contributed by atoms with Gasteiger partial charge in [-0.1, -0.05) is 24.3 Å². The minimum absolute atomic E-state index is 0.173. The van der Waals surface area contributed by atoms with Crippen molar-refractivity contribution in [3.63, 3.8) is 0 Å². The molecule has 136 valence electrons. The Morgan fingerprint density at radius 1 is 1.07 bits per heavy atom. The lowest BCUT2D eigenvalue weighted by Crippen LogP contribution is -2.31. The Kier molecular flexibility index (Phi) is 5.51. The van der Waals surface area contributed by atoms with Crippen molar-refractivity contribution in [3.8, 4) is 16.8 Å². The van der Waals surface area contributed by atoms with Crippen molar-refractivity contribution in [2.45, 2.75) is 0 Å². The fraction of sp³-hybridized carbons (Fsp3) is 0.100. The molecule has 0 N–H and O–H groups in total. The SMILES string of the molecule is C=CCN(CC=C)C(=O)c1cc(-c2ccc(F)cc2)cc(-n2cnnn2)c1. The van der Waals surface area contributed by atoms with Gasteiger partial charge in [0.25, 0.3) is 5.91 Å². The molecule has 0 saturated heterocycles. The zero-order valence-corrected chi connectivity index (χ0v) is 14.6. The monoisotopic (exact) mass is 363 g/mol. The second-order valence-electron chi connectivity index (χ2n) is 5.82. The van der Waals surface area contributed by atoms with E-state index in [-0.39, 0.29) is 11.7 Å². The van der Waals surface area contributed by atoms with Crippen LogP contribution in [0, 0.1) is 5.82 Å². The summed E-state index contributed by atoms with van der Waals surface area (Å²) in [5.74, 6) is -0.497. The maximum absolute atomic E-state index is 13.3. The van der Waals surface area contributed by atoms with Crippen molar-refractivity contribution in [1.29, 1.82) is 0 Å².